The minimum Gasteiger partial charge on any atom is -0.466 e. The lowest BCUT2D eigenvalue weighted by atomic mass is 10.1. The van der Waals surface area contributed by atoms with Gasteiger partial charge in [0.2, 0.25) is 0 Å². The van der Waals surface area contributed by atoms with Gasteiger partial charge in [0.15, 0.2) is 0 Å². The van der Waals surface area contributed by atoms with Crippen molar-refractivity contribution in [3.05, 3.63) is 24.3 Å². The molecule has 0 atom stereocenters. The van der Waals surface area contributed by atoms with Gasteiger partial charge in [0.25, 0.3) is 0 Å². The van der Waals surface area contributed by atoms with E-state index in [1.165, 1.54) is 32.6 Å². The number of ether oxygens (including phenoxy) is 1. The minimum atomic E-state index is -0.208. The van der Waals surface area contributed by atoms with Crippen molar-refractivity contribution in [3.8, 4) is 0 Å². The van der Waals surface area contributed by atoms with Crippen LogP contribution in [0.4, 0.5) is 0 Å². The number of carbonyl (C=O) groups excluding carboxylic acids is 1. The molecule has 0 fully saturated rings. The first-order valence-electron chi connectivity index (χ1n) is 6.22. The summed E-state index contributed by atoms with van der Waals surface area (Å²) in [6, 6.07) is 0. The number of carbonyl (C=O) groups is 1. The van der Waals surface area contributed by atoms with Crippen molar-refractivity contribution >= 4 is 5.97 Å². The van der Waals surface area contributed by atoms with Gasteiger partial charge in [-0.3, -0.25) is 4.79 Å². The standard InChI is InChI=1S/C14H24O2/c1-3-4-5-6-7-8-9-10-11-12-13-16-14(2)15/h8-11H,3-7,12-13H2,1-2H3/b9-8-,11-10+. The molecule has 0 aromatic heterocycles. The zero-order valence-electron chi connectivity index (χ0n) is 10.6. The fourth-order valence-corrected chi connectivity index (χ4v) is 1.31. The molecule has 0 aromatic rings. The highest BCUT2D eigenvalue weighted by atomic mass is 16.5. The van der Waals surface area contributed by atoms with Crippen molar-refractivity contribution < 1.29 is 9.53 Å². The van der Waals surface area contributed by atoms with E-state index in [4.69, 9.17) is 4.74 Å². The maximum Gasteiger partial charge on any atom is 0.302 e. The SMILES string of the molecule is CCCCCC/C=C\C=C\CCOC(C)=O. The van der Waals surface area contributed by atoms with Gasteiger partial charge in [0.1, 0.15) is 0 Å². The van der Waals surface area contributed by atoms with Crippen LogP contribution in [-0.4, -0.2) is 12.6 Å². The van der Waals surface area contributed by atoms with Crippen LogP contribution >= 0.6 is 0 Å². The molecule has 0 aromatic carbocycles. The van der Waals surface area contributed by atoms with Crippen LogP contribution in [0.3, 0.4) is 0 Å². The molecule has 2 nitrogen and oxygen atoms in total. The Kier molecular flexibility index (Phi) is 11.2. The van der Waals surface area contributed by atoms with E-state index in [1.54, 1.807) is 0 Å². The zero-order chi connectivity index (χ0) is 12.1. The van der Waals surface area contributed by atoms with Crippen molar-refractivity contribution in [1.29, 1.82) is 0 Å². The quantitative estimate of drug-likeness (QED) is 0.336. The Labute approximate surface area is 99.4 Å². The van der Waals surface area contributed by atoms with Crippen LogP contribution in [0, 0.1) is 0 Å². The lowest BCUT2D eigenvalue weighted by Gasteiger charge is -1.95. The number of esters is 1. The van der Waals surface area contributed by atoms with Gasteiger partial charge in [-0.2, -0.15) is 0 Å². The Morgan fingerprint density at radius 3 is 2.38 bits per heavy atom. The number of rotatable bonds is 9. The molecule has 0 N–H and O–H groups in total. The molecule has 2 heteroatoms. The Bertz CT molecular complexity index is 217. The predicted molar refractivity (Wildman–Crippen MR) is 68.3 cm³/mol. The normalized spacial score (nSPS) is 11.4. The molecular formula is C14H24O2. The largest absolute Gasteiger partial charge is 0.466 e. The van der Waals surface area contributed by atoms with E-state index in [0.717, 1.165) is 12.8 Å². The first-order chi connectivity index (χ1) is 7.77. The second-order valence-corrected chi connectivity index (χ2v) is 3.83. The molecule has 92 valence electrons. The van der Waals surface area contributed by atoms with E-state index in [-0.39, 0.29) is 5.97 Å². The second kappa shape index (κ2) is 12.0. The molecule has 0 aliphatic carbocycles. The minimum absolute atomic E-state index is 0.208. The van der Waals surface area contributed by atoms with Crippen molar-refractivity contribution in [3.63, 3.8) is 0 Å². The van der Waals surface area contributed by atoms with Gasteiger partial charge >= 0.3 is 5.97 Å². The molecule has 0 amide bonds. The van der Waals surface area contributed by atoms with Gasteiger partial charge in [0, 0.05) is 6.92 Å². The lowest BCUT2D eigenvalue weighted by Crippen LogP contribution is -1.98. The maximum atomic E-state index is 10.4. The van der Waals surface area contributed by atoms with Crippen LogP contribution in [0.15, 0.2) is 24.3 Å². The second-order valence-electron chi connectivity index (χ2n) is 3.83. The molecule has 0 spiro atoms. The topological polar surface area (TPSA) is 26.3 Å². The Morgan fingerprint density at radius 1 is 1.06 bits per heavy atom. The fourth-order valence-electron chi connectivity index (χ4n) is 1.31. The molecule has 0 aliphatic heterocycles. The summed E-state index contributed by atoms with van der Waals surface area (Å²) in [6.45, 7) is 4.14. The molecule has 0 radical (unpaired) electrons. The van der Waals surface area contributed by atoms with Crippen LogP contribution in [-0.2, 0) is 9.53 Å². The number of hydrogen-bond donors (Lipinski definition) is 0. The number of hydrogen-bond acceptors (Lipinski definition) is 2. The molecule has 0 saturated carbocycles. The van der Waals surface area contributed by atoms with Crippen molar-refractivity contribution in [2.75, 3.05) is 6.61 Å². The highest BCUT2D eigenvalue weighted by Crippen LogP contribution is 2.02. The summed E-state index contributed by atoms with van der Waals surface area (Å²) in [5.74, 6) is -0.208. The van der Waals surface area contributed by atoms with Crippen molar-refractivity contribution in [2.45, 2.75) is 52.4 Å². The zero-order valence-corrected chi connectivity index (χ0v) is 10.6. The molecular weight excluding hydrogens is 200 g/mol. The van der Waals surface area contributed by atoms with Crippen LogP contribution in [0.5, 0.6) is 0 Å². The highest BCUT2D eigenvalue weighted by molar-refractivity contribution is 5.65. The summed E-state index contributed by atoms with van der Waals surface area (Å²) in [4.78, 5) is 10.4. The molecule has 16 heavy (non-hydrogen) atoms. The molecule has 0 saturated heterocycles. The van der Waals surface area contributed by atoms with Gasteiger partial charge in [0.05, 0.1) is 6.61 Å². The average Bonchev–Trinajstić information content (AvgIpc) is 2.25. The first-order valence-corrected chi connectivity index (χ1v) is 6.22. The van der Waals surface area contributed by atoms with Crippen LogP contribution in [0.1, 0.15) is 52.4 Å². The first kappa shape index (κ1) is 14.9. The summed E-state index contributed by atoms with van der Waals surface area (Å²) < 4.78 is 4.80. The molecule has 0 aliphatic rings. The molecule has 0 bridgehead atoms. The maximum absolute atomic E-state index is 10.4. The van der Waals surface area contributed by atoms with Crippen LogP contribution < -0.4 is 0 Å². The summed E-state index contributed by atoms with van der Waals surface area (Å²) in [5.41, 5.74) is 0. The van der Waals surface area contributed by atoms with Gasteiger partial charge in [-0.25, -0.2) is 0 Å². The van der Waals surface area contributed by atoms with Crippen molar-refractivity contribution in [2.24, 2.45) is 0 Å². The summed E-state index contributed by atoms with van der Waals surface area (Å²) in [7, 11) is 0. The van der Waals surface area contributed by atoms with Crippen LogP contribution in [0.25, 0.3) is 0 Å². The van der Waals surface area contributed by atoms with Crippen molar-refractivity contribution in [1.82, 2.24) is 0 Å². The molecule has 0 rings (SSSR count). The van der Waals surface area contributed by atoms with E-state index in [2.05, 4.69) is 19.1 Å². The Morgan fingerprint density at radius 2 is 1.75 bits per heavy atom. The van der Waals surface area contributed by atoms with E-state index >= 15 is 0 Å². The molecule has 0 heterocycles. The van der Waals surface area contributed by atoms with E-state index < -0.39 is 0 Å². The fraction of sp³-hybridized carbons (Fsp3) is 0.643. The summed E-state index contributed by atoms with van der Waals surface area (Å²) >= 11 is 0. The summed E-state index contributed by atoms with van der Waals surface area (Å²) in [6.07, 6.45) is 15.5. The monoisotopic (exact) mass is 224 g/mol. The Hall–Kier alpha value is -1.05. The van der Waals surface area contributed by atoms with Gasteiger partial charge in [-0.05, 0) is 19.3 Å². The third-order valence-corrected chi connectivity index (χ3v) is 2.20. The van der Waals surface area contributed by atoms with Crippen LogP contribution in [0.2, 0.25) is 0 Å². The van der Waals surface area contributed by atoms with Gasteiger partial charge in [-0.1, -0.05) is 50.5 Å². The molecule has 0 unspecified atom stereocenters. The van der Waals surface area contributed by atoms with E-state index in [9.17, 15) is 4.79 Å². The van der Waals surface area contributed by atoms with E-state index in [0.29, 0.717) is 6.61 Å². The lowest BCUT2D eigenvalue weighted by molar-refractivity contribution is -0.140. The third-order valence-electron chi connectivity index (χ3n) is 2.20. The highest BCUT2D eigenvalue weighted by Gasteiger charge is 1.87. The predicted octanol–water partition coefficient (Wildman–Crippen LogP) is 4.02. The smallest absolute Gasteiger partial charge is 0.302 e. The number of allylic oxidation sites excluding steroid dienone is 3. The number of unbranched alkanes of at least 4 members (excludes halogenated alkanes) is 4. The third kappa shape index (κ3) is 12.9. The Balaban J connectivity index is 3.24. The average molecular weight is 224 g/mol. The summed E-state index contributed by atoms with van der Waals surface area (Å²) in [5, 5.41) is 0. The van der Waals surface area contributed by atoms with E-state index in [1.807, 2.05) is 12.2 Å². The van der Waals surface area contributed by atoms with Gasteiger partial charge < -0.3 is 4.74 Å². The van der Waals surface area contributed by atoms with Gasteiger partial charge in [-0.15, -0.1) is 0 Å².